The number of carbonyl (C=O) groups excluding carboxylic acids is 1. The van der Waals surface area contributed by atoms with E-state index in [1.54, 1.807) is 11.0 Å². The monoisotopic (exact) mass is 315 g/mol. The third kappa shape index (κ3) is 3.43. The number of rotatable bonds is 3. The van der Waals surface area contributed by atoms with Gasteiger partial charge in [-0.15, -0.1) is 0 Å². The maximum Gasteiger partial charge on any atom is 0.255 e. The van der Waals surface area contributed by atoms with Gasteiger partial charge < -0.3 is 9.80 Å². The Morgan fingerprint density at radius 1 is 1.45 bits per heavy atom. The van der Waals surface area contributed by atoms with Crippen molar-refractivity contribution >= 4 is 29.1 Å². The summed E-state index contributed by atoms with van der Waals surface area (Å²) in [5, 5.41) is 0.536. The van der Waals surface area contributed by atoms with Crippen molar-refractivity contribution in [2.24, 2.45) is 0 Å². The zero-order valence-electron chi connectivity index (χ0n) is 11.8. The van der Waals surface area contributed by atoms with E-state index in [0.717, 1.165) is 32.5 Å². The van der Waals surface area contributed by atoms with Crippen molar-refractivity contribution < 1.29 is 4.79 Å². The molecule has 0 N–H and O–H groups in total. The summed E-state index contributed by atoms with van der Waals surface area (Å²) in [5.41, 5.74) is 0.486. The molecular weight excluding hydrogens is 297 g/mol. The van der Waals surface area contributed by atoms with Gasteiger partial charge in [-0.25, -0.2) is 4.98 Å². The smallest absolute Gasteiger partial charge is 0.255 e. The number of halogens is 2. The van der Waals surface area contributed by atoms with E-state index in [0.29, 0.717) is 10.6 Å². The Labute approximate surface area is 129 Å². The van der Waals surface area contributed by atoms with E-state index in [2.05, 4.69) is 16.8 Å². The van der Waals surface area contributed by atoms with Gasteiger partial charge in [-0.3, -0.25) is 4.79 Å². The van der Waals surface area contributed by atoms with Crippen LogP contribution in [-0.2, 0) is 0 Å². The van der Waals surface area contributed by atoms with Gasteiger partial charge in [0, 0.05) is 32.4 Å². The van der Waals surface area contributed by atoms with Crippen LogP contribution in [0, 0.1) is 0 Å². The zero-order chi connectivity index (χ0) is 14.7. The molecule has 1 saturated heterocycles. The van der Waals surface area contributed by atoms with Crippen molar-refractivity contribution in [2.45, 2.75) is 25.8 Å². The largest absolute Gasteiger partial charge is 0.339 e. The highest BCUT2D eigenvalue weighted by Crippen LogP contribution is 2.22. The fourth-order valence-electron chi connectivity index (χ4n) is 2.53. The Kier molecular flexibility index (Phi) is 5.24. The number of amides is 1. The zero-order valence-corrected chi connectivity index (χ0v) is 13.3. The van der Waals surface area contributed by atoms with Crippen LogP contribution < -0.4 is 0 Å². The van der Waals surface area contributed by atoms with Crippen LogP contribution in [0.2, 0.25) is 10.2 Å². The minimum Gasteiger partial charge on any atom is -0.339 e. The predicted molar refractivity (Wildman–Crippen MR) is 81.5 cm³/mol. The second-order valence-corrected chi connectivity index (χ2v) is 5.84. The molecule has 110 valence electrons. The molecule has 1 amide bonds. The summed E-state index contributed by atoms with van der Waals surface area (Å²) in [6.07, 6.45) is 3.49. The molecular formula is C14H19Cl2N3O. The van der Waals surface area contributed by atoms with Crippen molar-refractivity contribution in [3.63, 3.8) is 0 Å². The molecule has 0 aliphatic carbocycles. The summed E-state index contributed by atoms with van der Waals surface area (Å²) in [6, 6.07) is 1.86. The van der Waals surface area contributed by atoms with Gasteiger partial charge in [0.15, 0.2) is 0 Å². The normalized spacial score (nSPS) is 17.2. The second-order valence-electron chi connectivity index (χ2n) is 5.08. The highest BCUT2D eigenvalue weighted by molar-refractivity contribution is 6.41. The minimum absolute atomic E-state index is 0.0500. The molecule has 0 radical (unpaired) electrons. The van der Waals surface area contributed by atoms with Crippen molar-refractivity contribution in [3.8, 4) is 0 Å². The molecule has 0 unspecified atom stereocenters. The van der Waals surface area contributed by atoms with Crippen molar-refractivity contribution in [2.75, 3.05) is 26.7 Å². The molecule has 1 aliphatic rings. The third-order valence-corrected chi connectivity index (χ3v) is 4.60. The van der Waals surface area contributed by atoms with Crippen LogP contribution >= 0.6 is 23.2 Å². The summed E-state index contributed by atoms with van der Waals surface area (Å²) in [5.74, 6) is -0.0500. The van der Waals surface area contributed by atoms with E-state index in [1.165, 1.54) is 6.20 Å². The average Bonchev–Trinajstić information content (AvgIpc) is 2.48. The predicted octanol–water partition coefficient (Wildman–Crippen LogP) is 2.94. The minimum atomic E-state index is -0.0500. The highest BCUT2D eigenvalue weighted by atomic mass is 35.5. The standard InChI is InChI=1S/C14H19Cl2N3O/c1-3-19-6-4-11(5-7-19)18(2)14(20)10-8-12(15)13(16)17-9-10/h8-9,11H,3-7H2,1-2H3. The summed E-state index contributed by atoms with van der Waals surface area (Å²) in [4.78, 5) is 20.6. The van der Waals surface area contributed by atoms with Gasteiger partial charge in [0.25, 0.3) is 5.91 Å². The lowest BCUT2D eigenvalue weighted by molar-refractivity contribution is 0.0646. The van der Waals surface area contributed by atoms with E-state index in [9.17, 15) is 4.79 Å². The van der Waals surface area contributed by atoms with Crippen molar-refractivity contribution in [1.29, 1.82) is 0 Å². The first kappa shape index (κ1) is 15.5. The van der Waals surface area contributed by atoms with Gasteiger partial charge in [0.2, 0.25) is 0 Å². The lowest BCUT2D eigenvalue weighted by Gasteiger charge is -2.36. The second kappa shape index (κ2) is 6.74. The Balaban J connectivity index is 2.03. The van der Waals surface area contributed by atoms with Gasteiger partial charge in [0.05, 0.1) is 10.6 Å². The van der Waals surface area contributed by atoms with Gasteiger partial charge in [-0.05, 0) is 25.5 Å². The molecule has 4 nitrogen and oxygen atoms in total. The molecule has 2 heterocycles. The molecule has 20 heavy (non-hydrogen) atoms. The molecule has 0 spiro atoms. The molecule has 0 bridgehead atoms. The van der Waals surface area contributed by atoms with E-state index in [-0.39, 0.29) is 17.1 Å². The molecule has 6 heteroatoms. The number of carbonyl (C=O) groups is 1. The Morgan fingerprint density at radius 2 is 2.10 bits per heavy atom. The van der Waals surface area contributed by atoms with Crippen LogP contribution in [0.25, 0.3) is 0 Å². The molecule has 2 rings (SSSR count). The highest BCUT2D eigenvalue weighted by Gasteiger charge is 2.25. The van der Waals surface area contributed by atoms with E-state index in [1.807, 2.05) is 7.05 Å². The number of pyridine rings is 1. The van der Waals surface area contributed by atoms with Crippen LogP contribution in [-0.4, -0.2) is 53.4 Å². The fourth-order valence-corrected chi connectivity index (χ4v) is 2.80. The number of hydrogen-bond acceptors (Lipinski definition) is 3. The first-order valence-electron chi connectivity index (χ1n) is 6.83. The van der Waals surface area contributed by atoms with Crippen LogP contribution in [0.3, 0.4) is 0 Å². The number of aromatic nitrogens is 1. The summed E-state index contributed by atoms with van der Waals surface area (Å²) < 4.78 is 0. The summed E-state index contributed by atoms with van der Waals surface area (Å²) in [7, 11) is 1.84. The Morgan fingerprint density at radius 3 is 2.65 bits per heavy atom. The molecule has 0 saturated carbocycles. The maximum atomic E-state index is 12.4. The molecule has 1 aromatic rings. The molecule has 0 atom stereocenters. The lowest BCUT2D eigenvalue weighted by atomic mass is 10.0. The lowest BCUT2D eigenvalue weighted by Crippen LogP contribution is -2.45. The summed E-state index contributed by atoms with van der Waals surface area (Å²) in [6.45, 7) is 5.31. The van der Waals surface area contributed by atoms with Crippen LogP contribution in [0.1, 0.15) is 30.1 Å². The average molecular weight is 316 g/mol. The SMILES string of the molecule is CCN1CCC(N(C)C(=O)c2cnc(Cl)c(Cl)c2)CC1. The van der Waals surface area contributed by atoms with Crippen LogP contribution in [0.5, 0.6) is 0 Å². The van der Waals surface area contributed by atoms with Crippen molar-refractivity contribution in [1.82, 2.24) is 14.8 Å². The number of likely N-dealkylation sites (tertiary alicyclic amines) is 1. The van der Waals surface area contributed by atoms with E-state index >= 15 is 0 Å². The first-order chi connectivity index (χ1) is 9.52. The Bertz CT molecular complexity index is 487. The molecule has 0 aromatic carbocycles. The maximum absolute atomic E-state index is 12.4. The van der Waals surface area contributed by atoms with Gasteiger partial charge in [-0.2, -0.15) is 0 Å². The van der Waals surface area contributed by atoms with Gasteiger partial charge in [-0.1, -0.05) is 30.1 Å². The fraction of sp³-hybridized carbons (Fsp3) is 0.571. The quantitative estimate of drug-likeness (QED) is 0.805. The van der Waals surface area contributed by atoms with Gasteiger partial charge >= 0.3 is 0 Å². The van der Waals surface area contributed by atoms with Crippen LogP contribution in [0.15, 0.2) is 12.3 Å². The molecule has 1 fully saturated rings. The first-order valence-corrected chi connectivity index (χ1v) is 7.59. The molecule has 1 aliphatic heterocycles. The van der Waals surface area contributed by atoms with Crippen LogP contribution in [0.4, 0.5) is 0 Å². The van der Waals surface area contributed by atoms with Gasteiger partial charge in [0.1, 0.15) is 5.15 Å². The number of nitrogens with zero attached hydrogens (tertiary/aromatic N) is 3. The number of hydrogen-bond donors (Lipinski definition) is 0. The van der Waals surface area contributed by atoms with E-state index in [4.69, 9.17) is 23.2 Å². The summed E-state index contributed by atoms with van der Waals surface area (Å²) >= 11 is 11.7. The van der Waals surface area contributed by atoms with Crippen molar-refractivity contribution in [3.05, 3.63) is 28.0 Å². The third-order valence-electron chi connectivity index (χ3n) is 3.92. The number of piperidine rings is 1. The van der Waals surface area contributed by atoms with E-state index < -0.39 is 0 Å². The Hall–Kier alpha value is -0.840. The topological polar surface area (TPSA) is 36.4 Å². The molecule has 1 aromatic heterocycles.